The predicted molar refractivity (Wildman–Crippen MR) is 78.6 cm³/mol. The Bertz CT molecular complexity index is 602. The summed E-state index contributed by atoms with van der Waals surface area (Å²) < 4.78 is 5.38. The molecule has 0 saturated carbocycles. The van der Waals surface area contributed by atoms with E-state index in [1.165, 1.54) is 0 Å². The summed E-state index contributed by atoms with van der Waals surface area (Å²) >= 11 is 0. The van der Waals surface area contributed by atoms with E-state index < -0.39 is 0 Å². The first-order valence-electron chi connectivity index (χ1n) is 6.59. The third-order valence-corrected chi connectivity index (χ3v) is 2.92. The molecule has 0 bridgehead atoms. The Balaban J connectivity index is 2.08. The van der Waals surface area contributed by atoms with Crippen molar-refractivity contribution in [2.24, 2.45) is 0 Å². The molecule has 4 heteroatoms. The first-order chi connectivity index (χ1) is 9.72. The SMILES string of the molecule is CCOc1cccc(NC(C)c2ccc(C#N)cc2)n1. The Hall–Kier alpha value is -2.54. The highest BCUT2D eigenvalue weighted by Crippen LogP contribution is 2.20. The number of pyridine rings is 1. The smallest absolute Gasteiger partial charge is 0.215 e. The number of hydrogen-bond donors (Lipinski definition) is 1. The van der Waals surface area contributed by atoms with Crippen LogP contribution in [0.15, 0.2) is 42.5 Å². The highest BCUT2D eigenvalue weighted by molar-refractivity contribution is 5.41. The first kappa shape index (κ1) is 13.9. The molecule has 1 unspecified atom stereocenters. The van der Waals surface area contributed by atoms with Crippen molar-refractivity contribution >= 4 is 5.82 Å². The van der Waals surface area contributed by atoms with Gasteiger partial charge in [0.15, 0.2) is 0 Å². The summed E-state index contributed by atoms with van der Waals surface area (Å²) in [4.78, 5) is 4.38. The van der Waals surface area contributed by atoms with Crippen molar-refractivity contribution in [3.05, 3.63) is 53.6 Å². The van der Waals surface area contributed by atoms with Gasteiger partial charge in [-0.15, -0.1) is 0 Å². The minimum atomic E-state index is 0.104. The lowest BCUT2D eigenvalue weighted by Gasteiger charge is -2.15. The molecule has 0 spiro atoms. The number of hydrogen-bond acceptors (Lipinski definition) is 4. The normalized spacial score (nSPS) is 11.4. The number of ether oxygens (including phenoxy) is 1. The van der Waals surface area contributed by atoms with Crippen LogP contribution in [0.2, 0.25) is 0 Å². The molecule has 1 aromatic heterocycles. The van der Waals surface area contributed by atoms with Crippen molar-refractivity contribution in [2.45, 2.75) is 19.9 Å². The zero-order valence-electron chi connectivity index (χ0n) is 11.6. The average molecular weight is 267 g/mol. The monoisotopic (exact) mass is 267 g/mol. The summed E-state index contributed by atoms with van der Waals surface area (Å²) in [6, 6.07) is 15.4. The lowest BCUT2D eigenvalue weighted by atomic mass is 10.1. The number of nitrogens with zero attached hydrogens (tertiary/aromatic N) is 2. The Kier molecular flexibility index (Phi) is 4.56. The zero-order chi connectivity index (χ0) is 14.4. The average Bonchev–Trinajstić information content (AvgIpc) is 2.48. The van der Waals surface area contributed by atoms with Crippen LogP contribution in [0.25, 0.3) is 0 Å². The molecule has 2 rings (SSSR count). The summed E-state index contributed by atoms with van der Waals surface area (Å²) in [5.74, 6) is 1.39. The van der Waals surface area contributed by atoms with Gasteiger partial charge in [0.25, 0.3) is 0 Å². The van der Waals surface area contributed by atoms with E-state index in [1.54, 1.807) is 0 Å². The second-order valence-electron chi connectivity index (χ2n) is 4.39. The van der Waals surface area contributed by atoms with Crippen molar-refractivity contribution in [2.75, 3.05) is 11.9 Å². The number of benzene rings is 1. The molecule has 0 aliphatic heterocycles. The van der Waals surface area contributed by atoms with Crippen LogP contribution in [-0.2, 0) is 0 Å². The van der Waals surface area contributed by atoms with Crippen molar-refractivity contribution in [3.8, 4) is 11.9 Å². The molecule has 20 heavy (non-hydrogen) atoms. The maximum Gasteiger partial charge on any atom is 0.215 e. The van der Waals surface area contributed by atoms with Gasteiger partial charge in [-0.25, -0.2) is 0 Å². The van der Waals surface area contributed by atoms with E-state index in [4.69, 9.17) is 10.00 Å². The van der Waals surface area contributed by atoms with E-state index >= 15 is 0 Å². The molecule has 0 amide bonds. The maximum absolute atomic E-state index is 8.79. The molecule has 4 nitrogen and oxygen atoms in total. The minimum Gasteiger partial charge on any atom is -0.478 e. The van der Waals surface area contributed by atoms with Gasteiger partial charge in [0.2, 0.25) is 5.88 Å². The van der Waals surface area contributed by atoms with Crippen LogP contribution in [0.1, 0.15) is 31.0 Å². The Morgan fingerprint density at radius 3 is 2.65 bits per heavy atom. The van der Waals surface area contributed by atoms with E-state index in [2.05, 4.69) is 23.3 Å². The van der Waals surface area contributed by atoms with Crippen LogP contribution in [0, 0.1) is 11.3 Å². The molecule has 1 N–H and O–H groups in total. The summed E-state index contributed by atoms with van der Waals surface area (Å²) in [6.45, 7) is 4.58. The van der Waals surface area contributed by atoms with E-state index in [9.17, 15) is 0 Å². The summed E-state index contributed by atoms with van der Waals surface area (Å²) in [5.41, 5.74) is 1.77. The molecule has 1 heterocycles. The second-order valence-corrected chi connectivity index (χ2v) is 4.39. The minimum absolute atomic E-state index is 0.104. The zero-order valence-corrected chi connectivity index (χ0v) is 11.6. The number of nitriles is 1. The van der Waals surface area contributed by atoms with Gasteiger partial charge >= 0.3 is 0 Å². The van der Waals surface area contributed by atoms with Crippen LogP contribution >= 0.6 is 0 Å². The van der Waals surface area contributed by atoms with Gasteiger partial charge in [0.05, 0.1) is 18.2 Å². The van der Waals surface area contributed by atoms with Gasteiger partial charge in [-0.05, 0) is 37.6 Å². The standard InChI is InChI=1S/C16H17N3O/c1-3-20-16-6-4-5-15(19-16)18-12(2)14-9-7-13(11-17)8-10-14/h4-10,12H,3H2,1-2H3,(H,18,19). The molecule has 0 aliphatic carbocycles. The maximum atomic E-state index is 8.79. The van der Waals surface area contributed by atoms with Gasteiger partial charge in [-0.3, -0.25) is 0 Å². The number of rotatable bonds is 5. The Morgan fingerprint density at radius 1 is 1.25 bits per heavy atom. The second kappa shape index (κ2) is 6.58. The molecule has 1 aromatic carbocycles. The van der Waals surface area contributed by atoms with Gasteiger partial charge in [-0.1, -0.05) is 18.2 Å². The molecular weight excluding hydrogens is 250 g/mol. The lowest BCUT2D eigenvalue weighted by molar-refractivity contribution is 0.327. The molecular formula is C16H17N3O. The third-order valence-electron chi connectivity index (χ3n) is 2.92. The molecule has 102 valence electrons. The molecule has 0 fully saturated rings. The van der Waals surface area contributed by atoms with E-state index in [0.29, 0.717) is 18.1 Å². The van der Waals surface area contributed by atoms with Crippen molar-refractivity contribution < 1.29 is 4.74 Å². The largest absolute Gasteiger partial charge is 0.478 e. The first-order valence-corrected chi connectivity index (χ1v) is 6.59. The topological polar surface area (TPSA) is 57.9 Å². The van der Waals surface area contributed by atoms with Crippen molar-refractivity contribution in [1.82, 2.24) is 4.98 Å². The Labute approximate surface area is 119 Å². The Morgan fingerprint density at radius 2 is 2.00 bits per heavy atom. The predicted octanol–water partition coefficient (Wildman–Crippen LogP) is 3.53. The summed E-state index contributed by atoms with van der Waals surface area (Å²) in [5, 5.41) is 12.1. The van der Waals surface area contributed by atoms with Crippen molar-refractivity contribution in [1.29, 1.82) is 5.26 Å². The quantitative estimate of drug-likeness (QED) is 0.900. The van der Waals surface area contributed by atoms with Crippen LogP contribution in [0.4, 0.5) is 5.82 Å². The molecule has 0 saturated heterocycles. The van der Waals surface area contributed by atoms with Crippen LogP contribution in [0.5, 0.6) is 5.88 Å². The number of anilines is 1. The van der Waals surface area contributed by atoms with Crippen LogP contribution in [-0.4, -0.2) is 11.6 Å². The van der Waals surface area contributed by atoms with Crippen LogP contribution in [0.3, 0.4) is 0 Å². The number of aromatic nitrogens is 1. The number of nitrogens with one attached hydrogen (secondary N) is 1. The van der Waals surface area contributed by atoms with Gasteiger partial charge in [0, 0.05) is 12.1 Å². The highest BCUT2D eigenvalue weighted by atomic mass is 16.5. The molecule has 1 atom stereocenters. The molecule has 0 aliphatic rings. The van der Waals surface area contributed by atoms with E-state index in [0.717, 1.165) is 11.4 Å². The fraction of sp³-hybridized carbons (Fsp3) is 0.250. The van der Waals surface area contributed by atoms with Gasteiger partial charge < -0.3 is 10.1 Å². The lowest BCUT2D eigenvalue weighted by Crippen LogP contribution is -2.08. The molecule has 2 aromatic rings. The highest BCUT2D eigenvalue weighted by Gasteiger charge is 2.06. The van der Waals surface area contributed by atoms with Gasteiger partial charge in [0.1, 0.15) is 5.82 Å². The van der Waals surface area contributed by atoms with E-state index in [1.807, 2.05) is 49.4 Å². The van der Waals surface area contributed by atoms with Crippen LogP contribution < -0.4 is 10.1 Å². The molecule has 0 radical (unpaired) electrons. The van der Waals surface area contributed by atoms with Gasteiger partial charge in [-0.2, -0.15) is 10.2 Å². The fourth-order valence-electron chi connectivity index (χ4n) is 1.87. The summed E-state index contributed by atoms with van der Waals surface area (Å²) in [6.07, 6.45) is 0. The fourth-order valence-corrected chi connectivity index (χ4v) is 1.87. The van der Waals surface area contributed by atoms with E-state index in [-0.39, 0.29) is 6.04 Å². The third kappa shape index (κ3) is 3.48. The summed E-state index contributed by atoms with van der Waals surface area (Å²) in [7, 11) is 0. The van der Waals surface area contributed by atoms with Crippen molar-refractivity contribution in [3.63, 3.8) is 0 Å².